The van der Waals surface area contributed by atoms with Gasteiger partial charge in [-0.25, -0.2) is 0 Å². The molecule has 1 aliphatic rings. The number of hydrogen-bond acceptors (Lipinski definition) is 6. The molecule has 0 aliphatic heterocycles. The van der Waals surface area contributed by atoms with E-state index >= 15 is 0 Å². The largest absolute Gasteiger partial charge is 0.354 e. The molecule has 0 bridgehead atoms. The Labute approximate surface area is 122 Å². The van der Waals surface area contributed by atoms with Gasteiger partial charge >= 0.3 is 0 Å². The fraction of sp³-hybridized carbons (Fsp3) is 0.667. The van der Waals surface area contributed by atoms with Crippen LogP contribution in [0.3, 0.4) is 0 Å². The summed E-state index contributed by atoms with van der Waals surface area (Å²) in [5.41, 5.74) is 0. The molecule has 7 nitrogen and oxygen atoms in total. The van der Waals surface area contributed by atoms with E-state index in [2.05, 4.69) is 37.8 Å². The second-order valence-corrected chi connectivity index (χ2v) is 5.01. The quantitative estimate of drug-likeness (QED) is 0.626. The van der Waals surface area contributed by atoms with E-state index in [1.807, 2.05) is 0 Å². The number of amides is 1. The summed E-state index contributed by atoms with van der Waals surface area (Å²) in [5, 5.41) is 9.07. The number of nitrogens with one attached hydrogen (secondary N) is 3. The zero-order valence-corrected chi connectivity index (χ0v) is 12.2. The fourth-order valence-electron chi connectivity index (χ4n) is 1.59. The summed E-state index contributed by atoms with van der Waals surface area (Å²) in [5.74, 6) is 1.22. The molecule has 1 aromatic heterocycles. The molecular formula is C12H19ClN6O. The Balaban J connectivity index is 1.76. The first-order chi connectivity index (χ1) is 9.69. The highest BCUT2D eigenvalue weighted by Gasteiger charge is 2.28. The molecule has 1 aliphatic carbocycles. The minimum Gasteiger partial charge on any atom is -0.354 e. The van der Waals surface area contributed by atoms with Crippen molar-refractivity contribution in [3.8, 4) is 0 Å². The topological polar surface area (TPSA) is 91.8 Å². The van der Waals surface area contributed by atoms with E-state index in [4.69, 9.17) is 11.6 Å². The van der Waals surface area contributed by atoms with Gasteiger partial charge in [0.15, 0.2) is 0 Å². The summed E-state index contributed by atoms with van der Waals surface area (Å²) < 4.78 is 0. The van der Waals surface area contributed by atoms with Crippen LogP contribution in [0.25, 0.3) is 0 Å². The lowest BCUT2D eigenvalue weighted by atomic mass is 10.4. The summed E-state index contributed by atoms with van der Waals surface area (Å²) >= 11 is 5.83. The average Bonchev–Trinajstić information content (AvgIpc) is 3.25. The maximum absolute atomic E-state index is 11.4. The minimum absolute atomic E-state index is 0.130. The van der Waals surface area contributed by atoms with E-state index in [-0.39, 0.29) is 17.1 Å². The highest BCUT2D eigenvalue weighted by atomic mass is 35.5. The number of nitrogens with zero attached hydrogens (tertiary/aromatic N) is 3. The van der Waals surface area contributed by atoms with E-state index in [0.29, 0.717) is 25.0 Å². The minimum atomic E-state index is 0.130. The number of carbonyl (C=O) groups excluding carboxylic acids is 1. The predicted octanol–water partition coefficient (Wildman–Crippen LogP) is 1.28. The number of rotatable bonds is 8. The average molecular weight is 299 g/mol. The van der Waals surface area contributed by atoms with Gasteiger partial charge in [-0.15, -0.1) is 0 Å². The molecular weight excluding hydrogens is 280 g/mol. The Kier molecular flexibility index (Phi) is 5.34. The molecule has 3 N–H and O–H groups in total. The molecule has 0 radical (unpaired) electrons. The number of hydrogen-bond donors (Lipinski definition) is 3. The smallest absolute Gasteiger partial charge is 0.228 e. The molecule has 1 fully saturated rings. The molecule has 1 aromatic rings. The van der Waals surface area contributed by atoms with Crippen molar-refractivity contribution in [2.45, 2.75) is 26.2 Å². The van der Waals surface area contributed by atoms with Crippen molar-refractivity contribution in [1.29, 1.82) is 0 Å². The van der Waals surface area contributed by atoms with Crippen molar-refractivity contribution in [3.05, 3.63) is 5.28 Å². The molecule has 2 rings (SSSR count). The van der Waals surface area contributed by atoms with Crippen LogP contribution in [0.1, 0.15) is 26.2 Å². The first-order valence-corrected chi connectivity index (χ1v) is 7.24. The highest BCUT2D eigenvalue weighted by molar-refractivity contribution is 6.28. The van der Waals surface area contributed by atoms with E-state index in [1.165, 1.54) is 0 Å². The third-order valence-corrected chi connectivity index (χ3v) is 2.97. The lowest BCUT2D eigenvalue weighted by Gasteiger charge is -2.08. The maximum atomic E-state index is 11.4. The lowest BCUT2D eigenvalue weighted by Crippen LogP contribution is -2.30. The Morgan fingerprint density at radius 2 is 1.80 bits per heavy atom. The van der Waals surface area contributed by atoms with Crippen molar-refractivity contribution in [3.63, 3.8) is 0 Å². The molecule has 1 amide bonds. The van der Waals surface area contributed by atoms with Gasteiger partial charge in [0.2, 0.25) is 23.1 Å². The van der Waals surface area contributed by atoms with Crippen LogP contribution in [0.5, 0.6) is 0 Å². The Morgan fingerprint density at radius 1 is 1.15 bits per heavy atom. The van der Waals surface area contributed by atoms with Crippen LogP contribution < -0.4 is 16.0 Å². The molecule has 0 atom stereocenters. The molecule has 8 heteroatoms. The van der Waals surface area contributed by atoms with Crippen molar-refractivity contribution in [1.82, 2.24) is 20.3 Å². The van der Waals surface area contributed by atoms with E-state index in [1.54, 1.807) is 0 Å². The predicted molar refractivity (Wildman–Crippen MR) is 77.8 cm³/mol. The molecule has 110 valence electrons. The summed E-state index contributed by atoms with van der Waals surface area (Å²) in [4.78, 5) is 23.6. The first kappa shape index (κ1) is 14.8. The van der Waals surface area contributed by atoms with Gasteiger partial charge in [0.05, 0.1) is 0 Å². The molecule has 0 spiro atoms. The molecule has 0 unspecified atom stereocenters. The van der Waals surface area contributed by atoms with Crippen molar-refractivity contribution >= 4 is 29.4 Å². The number of aromatic nitrogens is 3. The maximum Gasteiger partial charge on any atom is 0.228 e. The molecule has 0 aromatic carbocycles. The van der Waals surface area contributed by atoms with Crippen molar-refractivity contribution in [2.24, 2.45) is 5.92 Å². The molecule has 0 saturated heterocycles. The second-order valence-electron chi connectivity index (χ2n) is 4.67. The summed E-state index contributed by atoms with van der Waals surface area (Å²) in [6.07, 6.45) is 2.99. The van der Waals surface area contributed by atoms with Gasteiger partial charge in [0.25, 0.3) is 0 Å². The monoisotopic (exact) mass is 298 g/mol. The summed E-state index contributed by atoms with van der Waals surface area (Å²) in [7, 11) is 0. The van der Waals surface area contributed by atoms with E-state index < -0.39 is 0 Å². The molecule has 1 saturated carbocycles. The van der Waals surface area contributed by atoms with Crippen LogP contribution in [0.15, 0.2) is 0 Å². The highest BCUT2D eigenvalue weighted by Crippen LogP contribution is 2.28. The number of halogens is 1. The Bertz CT molecular complexity index is 465. The van der Waals surface area contributed by atoms with Crippen LogP contribution >= 0.6 is 11.6 Å². The molecule has 1 heterocycles. The van der Waals surface area contributed by atoms with Crippen LogP contribution in [0, 0.1) is 5.92 Å². The Morgan fingerprint density at radius 3 is 2.40 bits per heavy atom. The zero-order chi connectivity index (χ0) is 14.4. The lowest BCUT2D eigenvalue weighted by molar-refractivity contribution is -0.122. The third-order valence-electron chi connectivity index (χ3n) is 2.80. The SMILES string of the molecule is CCCNc1nc(Cl)nc(NCCNC(=O)C2CC2)n1. The van der Waals surface area contributed by atoms with Crippen LogP contribution in [-0.4, -0.2) is 40.5 Å². The zero-order valence-electron chi connectivity index (χ0n) is 11.4. The standard InChI is InChI=1S/C12H19ClN6O/c1-2-5-15-11-17-10(13)18-12(19-11)16-7-6-14-9(20)8-3-4-8/h8H,2-7H2,1H3,(H,14,20)(H2,15,16,17,18,19). The molecule has 20 heavy (non-hydrogen) atoms. The van der Waals surface area contributed by atoms with Crippen LogP contribution in [0.2, 0.25) is 5.28 Å². The van der Waals surface area contributed by atoms with Crippen molar-refractivity contribution < 1.29 is 4.79 Å². The number of carbonyl (C=O) groups is 1. The van der Waals surface area contributed by atoms with Gasteiger partial charge in [-0.2, -0.15) is 15.0 Å². The van der Waals surface area contributed by atoms with Gasteiger partial charge in [-0.1, -0.05) is 6.92 Å². The normalized spacial score (nSPS) is 13.9. The van der Waals surface area contributed by atoms with Gasteiger partial charge < -0.3 is 16.0 Å². The van der Waals surface area contributed by atoms with Gasteiger partial charge in [0.1, 0.15) is 0 Å². The first-order valence-electron chi connectivity index (χ1n) is 6.86. The van der Waals surface area contributed by atoms with Gasteiger partial charge in [0, 0.05) is 25.6 Å². The summed E-state index contributed by atoms with van der Waals surface area (Å²) in [6, 6.07) is 0. The second kappa shape index (κ2) is 7.23. The summed E-state index contributed by atoms with van der Waals surface area (Å²) in [6.45, 7) is 3.91. The van der Waals surface area contributed by atoms with Gasteiger partial charge in [-0.3, -0.25) is 4.79 Å². The third kappa shape index (κ3) is 4.80. The van der Waals surface area contributed by atoms with Crippen molar-refractivity contribution in [2.75, 3.05) is 30.3 Å². The Hall–Kier alpha value is -1.63. The van der Waals surface area contributed by atoms with Crippen LogP contribution in [-0.2, 0) is 4.79 Å². The van der Waals surface area contributed by atoms with E-state index in [0.717, 1.165) is 25.8 Å². The van der Waals surface area contributed by atoms with Gasteiger partial charge in [-0.05, 0) is 30.9 Å². The fourth-order valence-corrected chi connectivity index (χ4v) is 1.75. The van der Waals surface area contributed by atoms with E-state index in [9.17, 15) is 4.79 Å². The number of anilines is 2. The van der Waals surface area contributed by atoms with Crippen LogP contribution in [0.4, 0.5) is 11.9 Å².